The van der Waals surface area contributed by atoms with Crippen LogP contribution in [-0.2, 0) is 0 Å². The van der Waals surface area contributed by atoms with Crippen molar-refractivity contribution in [3.8, 4) is 0 Å². The summed E-state index contributed by atoms with van der Waals surface area (Å²) < 4.78 is 0. The fourth-order valence-corrected chi connectivity index (χ4v) is 1.74. The molecule has 0 spiro atoms. The number of carbonyl (C=O) groups excluding carboxylic acids is 2. The molecule has 2 rings (SSSR count). The summed E-state index contributed by atoms with van der Waals surface area (Å²) in [5.74, 6) is -0.967. The maximum Gasteiger partial charge on any atom is 0.233 e. The Labute approximate surface area is 112 Å². The van der Waals surface area contributed by atoms with Crippen molar-refractivity contribution in [1.29, 1.82) is 0 Å². The van der Waals surface area contributed by atoms with Crippen LogP contribution in [-0.4, -0.2) is 11.6 Å². The van der Waals surface area contributed by atoms with Crippen LogP contribution in [0, 0.1) is 6.92 Å². The van der Waals surface area contributed by atoms with Gasteiger partial charge < -0.3 is 0 Å². The molecule has 0 aliphatic rings. The number of rotatable bonds is 4. The summed E-state index contributed by atoms with van der Waals surface area (Å²) in [6.07, 6.45) is 1.69. The topological polar surface area (TPSA) is 34.1 Å². The Balaban J connectivity index is 2.25. The smallest absolute Gasteiger partial charge is 0.233 e. The van der Waals surface area contributed by atoms with Gasteiger partial charge in [-0.25, -0.2) is 0 Å². The molecule has 0 saturated heterocycles. The average molecular weight is 250 g/mol. The van der Waals surface area contributed by atoms with E-state index in [1.165, 1.54) is 0 Å². The molecule has 0 unspecified atom stereocenters. The number of Topliss-reactive ketones (excluding diaryl/α,β-unsaturated/α-hetero) is 2. The molecule has 0 radical (unpaired) electrons. The Morgan fingerprint density at radius 2 is 1.26 bits per heavy atom. The molecule has 0 bridgehead atoms. The molecule has 0 aliphatic carbocycles. The van der Waals surface area contributed by atoms with E-state index in [0.29, 0.717) is 11.1 Å². The lowest BCUT2D eigenvalue weighted by molar-refractivity contribution is 0.0817. The molecular weight excluding hydrogens is 236 g/mol. The first kappa shape index (κ1) is 13.0. The lowest BCUT2D eigenvalue weighted by atomic mass is 10.00. The monoisotopic (exact) mass is 250 g/mol. The van der Waals surface area contributed by atoms with Gasteiger partial charge in [0.2, 0.25) is 11.6 Å². The molecule has 2 aromatic rings. The highest BCUT2D eigenvalue weighted by molar-refractivity contribution is 6.49. The van der Waals surface area contributed by atoms with Crippen molar-refractivity contribution in [2.24, 2.45) is 0 Å². The van der Waals surface area contributed by atoms with Gasteiger partial charge in [0.1, 0.15) is 0 Å². The van der Waals surface area contributed by atoms with Crippen LogP contribution < -0.4 is 0 Å². The van der Waals surface area contributed by atoms with E-state index in [1.807, 2.05) is 19.1 Å². The minimum atomic E-state index is -0.487. The van der Waals surface area contributed by atoms with Gasteiger partial charge >= 0.3 is 0 Å². The summed E-state index contributed by atoms with van der Waals surface area (Å²) in [5.41, 5.74) is 2.79. The molecule has 0 aromatic heterocycles. The molecule has 2 nitrogen and oxygen atoms in total. The van der Waals surface area contributed by atoms with Crippen LogP contribution >= 0.6 is 0 Å². The molecule has 0 saturated carbocycles. The number of hydrogen-bond donors (Lipinski definition) is 0. The molecule has 0 atom stereocenters. The number of hydrogen-bond acceptors (Lipinski definition) is 2. The fraction of sp³-hybridized carbons (Fsp3) is 0.0588. The lowest BCUT2D eigenvalue weighted by Crippen LogP contribution is -2.14. The van der Waals surface area contributed by atoms with Gasteiger partial charge in [-0.1, -0.05) is 66.7 Å². The maximum absolute atomic E-state index is 12.1. The molecule has 94 valence electrons. The molecule has 0 N–H and O–H groups in total. The fourth-order valence-electron chi connectivity index (χ4n) is 1.74. The summed E-state index contributed by atoms with van der Waals surface area (Å²) in [7, 11) is 0. The predicted octanol–water partition coefficient (Wildman–Crippen LogP) is 3.70. The van der Waals surface area contributed by atoms with Gasteiger partial charge in [0.05, 0.1) is 0 Å². The summed E-state index contributed by atoms with van der Waals surface area (Å²) in [5, 5.41) is 0. The Morgan fingerprint density at radius 1 is 0.842 bits per heavy atom. The van der Waals surface area contributed by atoms with E-state index in [0.717, 1.165) is 11.1 Å². The van der Waals surface area contributed by atoms with Gasteiger partial charge in [-0.15, -0.1) is 0 Å². The van der Waals surface area contributed by atoms with Gasteiger partial charge in [0.25, 0.3) is 0 Å². The zero-order chi connectivity index (χ0) is 13.8. The second-order valence-corrected chi connectivity index (χ2v) is 4.35. The largest absolute Gasteiger partial charge is 0.285 e. The SMILES string of the molecule is C=Cc1ccc(C(=O)C(=O)c2ccc(C)cc2)cc1. The molecule has 0 amide bonds. The van der Waals surface area contributed by atoms with Crippen molar-refractivity contribution in [3.63, 3.8) is 0 Å². The average Bonchev–Trinajstić information content (AvgIpc) is 2.46. The Kier molecular flexibility index (Phi) is 3.71. The Bertz CT molecular complexity index is 619. The third kappa shape index (κ3) is 2.86. The van der Waals surface area contributed by atoms with Crippen LogP contribution in [0.25, 0.3) is 6.08 Å². The van der Waals surface area contributed by atoms with Crippen LogP contribution in [0.3, 0.4) is 0 Å². The van der Waals surface area contributed by atoms with Crippen molar-refractivity contribution in [1.82, 2.24) is 0 Å². The van der Waals surface area contributed by atoms with Crippen molar-refractivity contribution >= 4 is 17.6 Å². The second-order valence-electron chi connectivity index (χ2n) is 4.35. The van der Waals surface area contributed by atoms with E-state index in [9.17, 15) is 9.59 Å². The predicted molar refractivity (Wildman–Crippen MR) is 76.4 cm³/mol. The normalized spacial score (nSPS) is 9.95. The number of benzene rings is 2. The summed E-state index contributed by atoms with van der Waals surface area (Å²) in [4.78, 5) is 24.1. The number of carbonyl (C=O) groups is 2. The van der Waals surface area contributed by atoms with Crippen molar-refractivity contribution in [3.05, 3.63) is 77.4 Å². The van der Waals surface area contributed by atoms with Crippen LogP contribution in [0.1, 0.15) is 31.8 Å². The zero-order valence-electron chi connectivity index (χ0n) is 10.7. The molecule has 0 aliphatic heterocycles. The molecule has 2 aromatic carbocycles. The summed E-state index contributed by atoms with van der Waals surface area (Å²) in [6.45, 7) is 5.58. The van der Waals surface area contributed by atoms with E-state index < -0.39 is 11.6 Å². The van der Waals surface area contributed by atoms with Gasteiger partial charge in [0.15, 0.2) is 0 Å². The van der Waals surface area contributed by atoms with E-state index >= 15 is 0 Å². The van der Waals surface area contributed by atoms with E-state index in [4.69, 9.17) is 0 Å². The van der Waals surface area contributed by atoms with Crippen molar-refractivity contribution < 1.29 is 9.59 Å². The highest BCUT2D eigenvalue weighted by Crippen LogP contribution is 2.11. The van der Waals surface area contributed by atoms with E-state index in [2.05, 4.69) is 6.58 Å². The third-order valence-electron chi connectivity index (χ3n) is 2.93. The zero-order valence-corrected chi connectivity index (χ0v) is 10.7. The minimum Gasteiger partial charge on any atom is -0.285 e. The van der Waals surface area contributed by atoms with Crippen molar-refractivity contribution in [2.75, 3.05) is 0 Å². The Hall–Kier alpha value is -2.48. The van der Waals surface area contributed by atoms with Gasteiger partial charge in [0, 0.05) is 11.1 Å². The molecule has 0 heterocycles. The standard InChI is InChI=1S/C17H14O2/c1-3-13-6-10-15(11-7-13)17(19)16(18)14-8-4-12(2)5-9-14/h3-11H,1H2,2H3. The molecule has 2 heteroatoms. The maximum atomic E-state index is 12.1. The Morgan fingerprint density at radius 3 is 1.68 bits per heavy atom. The van der Waals surface area contributed by atoms with Crippen LogP contribution in [0.5, 0.6) is 0 Å². The van der Waals surface area contributed by atoms with E-state index in [1.54, 1.807) is 42.5 Å². The van der Waals surface area contributed by atoms with Crippen LogP contribution in [0.4, 0.5) is 0 Å². The molecular formula is C17H14O2. The number of aryl methyl sites for hydroxylation is 1. The van der Waals surface area contributed by atoms with Gasteiger partial charge in [-0.05, 0) is 12.5 Å². The van der Waals surface area contributed by atoms with Gasteiger partial charge in [-0.3, -0.25) is 9.59 Å². The molecule has 19 heavy (non-hydrogen) atoms. The summed E-state index contributed by atoms with van der Waals surface area (Å²) >= 11 is 0. The lowest BCUT2D eigenvalue weighted by Gasteiger charge is -2.02. The number of ketones is 2. The van der Waals surface area contributed by atoms with Gasteiger partial charge in [-0.2, -0.15) is 0 Å². The first-order chi connectivity index (χ1) is 9.11. The second kappa shape index (κ2) is 5.44. The summed E-state index contributed by atoms with van der Waals surface area (Å²) in [6, 6.07) is 13.8. The molecule has 0 fully saturated rings. The minimum absolute atomic E-state index is 0.399. The van der Waals surface area contributed by atoms with Crippen molar-refractivity contribution in [2.45, 2.75) is 6.92 Å². The highest BCUT2D eigenvalue weighted by Gasteiger charge is 2.17. The van der Waals surface area contributed by atoms with E-state index in [-0.39, 0.29) is 0 Å². The quantitative estimate of drug-likeness (QED) is 0.612. The first-order valence-corrected chi connectivity index (χ1v) is 6.00. The third-order valence-corrected chi connectivity index (χ3v) is 2.93. The van der Waals surface area contributed by atoms with Crippen LogP contribution in [0.15, 0.2) is 55.1 Å². The van der Waals surface area contributed by atoms with Crippen LogP contribution in [0.2, 0.25) is 0 Å². The first-order valence-electron chi connectivity index (χ1n) is 6.00. The highest BCUT2D eigenvalue weighted by atomic mass is 16.2.